The average molecular weight is 361 g/mol. The van der Waals surface area contributed by atoms with Crippen molar-refractivity contribution >= 4 is 17.6 Å². The van der Waals surface area contributed by atoms with E-state index in [4.69, 9.17) is 25.5 Å². The second-order valence-electron chi connectivity index (χ2n) is 5.18. The third-order valence-corrected chi connectivity index (χ3v) is 3.74. The molecule has 0 spiro atoms. The molecule has 0 saturated carbocycles. The van der Waals surface area contributed by atoms with E-state index < -0.39 is 5.97 Å². The number of hydrogen-bond acceptors (Lipinski definition) is 4. The minimum atomic E-state index is -0.590. The molecule has 0 atom stereocenters. The number of carbonyl (C=O) groups excluding carboxylic acids is 1. The Hall–Kier alpha value is -2.79. The summed E-state index contributed by atoms with van der Waals surface area (Å²) in [6.45, 7) is 0.171. The maximum atomic E-state index is 12.8. The van der Waals surface area contributed by atoms with E-state index in [1.807, 2.05) is 6.07 Å². The molecule has 0 aliphatic carbocycles. The first kappa shape index (κ1) is 17.0. The van der Waals surface area contributed by atoms with E-state index in [9.17, 15) is 9.18 Å². The number of hydrogen-bond donors (Lipinski definition) is 0. The summed E-state index contributed by atoms with van der Waals surface area (Å²) in [5, 5.41) is 0.531. The second kappa shape index (κ2) is 7.85. The standard InChI is InChI=1S/C19H14ClFO4/c20-17-4-2-1-3-13(17)11-24-19(22)18-10-9-16(25-18)12-23-15-7-5-14(21)6-8-15/h1-10H,11-12H2. The molecule has 128 valence electrons. The fourth-order valence-corrected chi connectivity index (χ4v) is 2.27. The molecule has 3 aromatic rings. The van der Waals surface area contributed by atoms with E-state index in [1.54, 1.807) is 24.3 Å². The zero-order valence-corrected chi connectivity index (χ0v) is 13.8. The number of furan rings is 1. The summed E-state index contributed by atoms with van der Waals surface area (Å²) in [5.74, 6) is 0.0984. The van der Waals surface area contributed by atoms with Crippen LogP contribution < -0.4 is 4.74 Å². The Morgan fingerprint density at radius 3 is 2.52 bits per heavy atom. The van der Waals surface area contributed by atoms with Crippen molar-refractivity contribution in [3.05, 3.63) is 88.6 Å². The molecule has 0 aliphatic heterocycles. The molecule has 1 aromatic heterocycles. The normalized spacial score (nSPS) is 10.5. The largest absolute Gasteiger partial charge is 0.486 e. The van der Waals surface area contributed by atoms with Crippen molar-refractivity contribution < 1.29 is 23.1 Å². The van der Waals surface area contributed by atoms with Gasteiger partial charge in [0.15, 0.2) is 0 Å². The topological polar surface area (TPSA) is 48.7 Å². The molecule has 6 heteroatoms. The first-order chi connectivity index (χ1) is 12.1. The number of rotatable bonds is 6. The monoisotopic (exact) mass is 360 g/mol. The van der Waals surface area contributed by atoms with Crippen LogP contribution in [-0.4, -0.2) is 5.97 Å². The van der Waals surface area contributed by atoms with Gasteiger partial charge in [-0.25, -0.2) is 9.18 Å². The summed E-state index contributed by atoms with van der Waals surface area (Å²) in [4.78, 5) is 12.0. The van der Waals surface area contributed by atoms with E-state index in [0.717, 1.165) is 0 Å². The first-order valence-electron chi connectivity index (χ1n) is 7.49. The molecule has 0 radical (unpaired) electrons. The number of benzene rings is 2. The van der Waals surface area contributed by atoms with E-state index in [0.29, 0.717) is 22.1 Å². The predicted octanol–water partition coefficient (Wildman–Crippen LogP) is 5.01. The average Bonchev–Trinajstić information content (AvgIpc) is 3.09. The van der Waals surface area contributed by atoms with Crippen LogP contribution in [0.4, 0.5) is 4.39 Å². The molecule has 0 aliphatic rings. The molecule has 3 rings (SSSR count). The summed E-state index contributed by atoms with van der Waals surface area (Å²) in [7, 11) is 0. The highest BCUT2D eigenvalue weighted by Gasteiger charge is 2.14. The van der Waals surface area contributed by atoms with E-state index in [2.05, 4.69) is 0 Å². The third-order valence-electron chi connectivity index (χ3n) is 3.37. The molecule has 0 N–H and O–H groups in total. The molecule has 0 saturated heterocycles. The number of esters is 1. The SMILES string of the molecule is O=C(OCc1ccccc1Cl)c1ccc(COc2ccc(F)cc2)o1. The van der Waals surface area contributed by atoms with Crippen LogP contribution in [0.2, 0.25) is 5.02 Å². The van der Waals surface area contributed by atoms with Gasteiger partial charge in [0.2, 0.25) is 5.76 Å². The van der Waals surface area contributed by atoms with Gasteiger partial charge in [0.25, 0.3) is 0 Å². The Morgan fingerprint density at radius 1 is 1.00 bits per heavy atom. The van der Waals surface area contributed by atoms with Crippen LogP contribution in [-0.2, 0) is 18.0 Å². The Balaban J connectivity index is 1.54. The zero-order chi connectivity index (χ0) is 17.6. The molecule has 0 amide bonds. The van der Waals surface area contributed by atoms with Crippen molar-refractivity contribution in [1.82, 2.24) is 0 Å². The minimum Gasteiger partial charge on any atom is -0.486 e. The third kappa shape index (κ3) is 4.61. The van der Waals surface area contributed by atoms with Crippen molar-refractivity contribution in [2.75, 3.05) is 0 Å². The minimum absolute atomic E-state index is 0.0562. The Morgan fingerprint density at radius 2 is 1.76 bits per heavy atom. The molecule has 4 nitrogen and oxygen atoms in total. The zero-order valence-electron chi connectivity index (χ0n) is 13.1. The molecule has 2 aromatic carbocycles. The molecule has 0 bridgehead atoms. The summed E-state index contributed by atoms with van der Waals surface area (Å²) >= 11 is 6.01. The van der Waals surface area contributed by atoms with Crippen molar-refractivity contribution in [3.8, 4) is 5.75 Å². The van der Waals surface area contributed by atoms with E-state index in [-0.39, 0.29) is 24.8 Å². The predicted molar refractivity (Wildman–Crippen MR) is 90.0 cm³/mol. The Kier molecular flexibility index (Phi) is 5.36. The summed E-state index contributed by atoms with van der Waals surface area (Å²) < 4.78 is 28.9. The van der Waals surface area contributed by atoms with Gasteiger partial charge < -0.3 is 13.9 Å². The van der Waals surface area contributed by atoms with Gasteiger partial charge in [-0.15, -0.1) is 0 Å². The van der Waals surface area contributed by atoms with Crippen molar-refractivity contribution in [2.24, 2.45) is 0 Å². The number of carbonyl (C=O) groups is 1. The number of halogens is 2. The summed E-state index contributed by atoms with van der Waals surface area (Å²) in [5.41, 5.74) is 0.712. The second-order valence-corrected chi connectivity index (χ2v) is 5.58. The Labute approximate surface area is 148 Å². The Bertz CT molecular complexity index is 858. The van der Waals surface area contributed by atoms with Crippen LogP contribution in [0.1, 0.15) is 21.9 Å². The van der Waals surface area contributed by atoms with Crippen LogP contribution >= 0.6 is 11.6 Å². The van der Waals surface area contributed by atoms with Crippen LogP contribution in [0.5, 0.6) is 5.75 Å². The lowest BCUT2D eigenvalue weighted by Gasteiger charge is -2.05. The highest BCUT2D eigenvalue weighted by Crippen LogP contribution is 2.18. The van der Waals surface area contributed by atoms with Gasteiger partial charge in [-0.1, -0.05) is 29.8 Å². The van der Waals surface area contributed by atoms with Gasteiger partial charge in [-0.05, 0) is 42.5 Å². The molecular formula is C19H14ClFO4. The van der Waals surface area contributed by atoms with Crippen molar-refractivity contribution in [3.63, 3.8) is 0 Å². The van der Waals surface area contributed by atoms with Gasteiger partial charge in [0.05, 0.1) is 0 Å². The lowest BCUT2D eigenvalue weighted by molar-refractivity contribution is 0.0432. The van der Waals surface area contributed by atoms with Crippen LogP contribution in [0, 0.1) is 5.82 Å². The van der Waals surface area contributed by atoms with Crippen LogP contribution in [0.3, 0.4) is 0 Å². The smallest absolute Gasteiger partial charge is 0.374 e. The van der Waals surface area contributed by atoms with Crippen LogP contribution in [0.25, 0.3) is 0 Å². The molecule has 25 heavy (non-hydrogen) atoms. The first-order valence-corrected chi connectivity index (χ1v) is 7.87. The maximum absolute atomic E-state index is 12.8. The van der Waals surface area contributed by atoms with Crippen LogP contribution in [0.15, 0.2) is 65.1 Å². The van der Waals surface area contributed by atoms with E-state index in [1.165, 1.54) is 30.3 Å². The summed E-state index contributed by atoms with van der Waals surface area (Å²) in [6.07, 6.45) is 0. The summed E-state index contributed by atoms with van der Waals surface area (Å²) in [6, 6.07) is 15.9. The van der Waals surface area contributed by atoms with Gasteiger partial charge in [0, 0.05) is 10.6 Å². The van der Waals surface area contributed by atoms with Gasteiger partial charge in [-0.3, -0.25) is 0 Å². The molecule has 0 unspecified atom stereocenters. The van der Waals surface area contributed by atoms with Crippen molar-refractivity contribution in [1.29, 1.82) is 0 Å². The highest BCUT2D eigenvalue weighted by molar-refractivity contribution is 6.31. The van der Waals surface area contributed by atoms with Gasteiger partial charge >= 0.3 is 5.97 Å². The lowest BCUT2D eigenvalue weighted by atomic mass is 10.2. The van der Waals surface area contributed by atoms with Gasteiger partial charge in [-0.2, -0.15) is 0 Å². The number of ether oxygens (including phenoxy) is 2. The highest BCUT2D eigenvalue weighted by atomic mass is 35.5. The molecule has 0 fully saturated rings. The molecule has 1 heterocycles. The van der Waals surface area contributed by atoms with E-state index >= 15 is 0 Å². The maximum Gasteiger partial charge on any atom is 0.374 e. The lowest BCUT2D eigenvalue weighted by Crippen LogP contribution is -2.04. The quantitative estimate of drug-likeness (QED) is 0.580. The molecular weight excluding hydrogens is 347 g/mol. The fraction of sp³-hybridized carbons (Fsp3) is 0.105. The fourth-order valence-electron chi connectivity index (χ4n) is 2.08. The van der Waals surface area contributed by atoms with Crippen molar-refractivity contribution in [2.45, 2.75) is 13.2 Å². The van der Waals surface area contributed by atoms with Gasteiger partial charge in [0.1, 0.15) is 30.5 Å².